The Morgan fingerprint density at radius 3 is 2.10 bits per heavy atom. The van der Waals surface area contributed by atoms with Gasteiger partial charge in [-0.15, -0.1) is 0 Å². The zero-order chi connectivity index (χ0) is 16.5. The van der Waals surface area contributed by atoms with E-state index in [1.807, 2.05) is 0 Å². The van der Waals surface area contributed by atoms with Crippen molar-refractivity contribution >= 4 is 21.9 Å². The average molecular weight is 318 g/mol. The van der Waals surface area contributed by atoms with Crippen molar-refractivity contribution in [2.75, 3.05) is 27.7 Å². The molecule has 0 fully saturated rings. The maximum absolute atomic E-state index is 12.5. The summed E-state index contributed by atoms with van der Waals surface area (Å²) >= 11 is 0. The van der Waals surface area contributed by atoms with Crippen molar-refractivity contribution < 1.29 is 27.5 Å². The monoisotopic (exact) mass is 318 g/mol. The van der Waals surface area contributed by atoms with Crippen molar-refractivity contribution in [3.63, 3.8) is 0 Å². The molecule has 0 radical (unpaired) electrons. The maximum atomic E-state index is 12.5. The van der Waals surface area contributed by atoms with Crippen LogP contribution in [-0.4, -0.2) is 62.3 Å². The number of amides is 1. The van der Waals surface area contributed by atoms with Crippen molar-refractivity contribution in [2.45, 2.75) is 18.7 Å². The molecule has 0 spiro atoms. The number of rotatable bonds is 5. The number of nitrogens with zero attached hydrogens (tertiary/aromatic N) is 2. The van der Waals surface area contributed by atoms with Gasteiger partial charge in [0.05, 0.1) is 6.54 Å². The lowest BCUT2D eigenvalue weighted by Crippen LogP contribution is -2.38. The van der Waals surface area contributed by atoms with Gasteiger partial charge in [0.25, 0.3) is 0 Å². The van der Waals surface area contributed by atoms with Crippen molar-refractivity contribution in [1.29, 1.82) is 0 Å². The summed E-state index contributed by atoms with van der Waals surface area (Å²) in [6.07, 6.45) is 0. The molecule has 0 bridgehead atoms. The van der Waals surface area contributed by atoms with E-state index < -0.39 is 38.9 Å². The normalized spacial score (nSPS) is 11.7. The van der Waals surface area contributed by atoms with Crippen molar-refractivity contribution in [1.82, 2.24) is 9.21 Å². The molecular weight excluding hydrogens is 300 g/mol. The lowest BCUT2D eigenvalue weighted by atomic mass is 10.2. The van der Waals surface area contributed by atoms with Gasteiger partial charge in [-0.2, -0.15) is 4.31 Å². The topological polar surface area (TPSA) is 108 Å². The molecular formula is C12H18N2O6S. The molecule has 0 aromatic carbocycles. The minimum absolute atomic E-state index is 0.00547. The first-order chi connectivity index (χ1) is 9.50. The number of carbonyl (C=O) groups excluding carboxylic acids is 1. The summed E-state index contributed by atoms with van der Waals surface area (Å²) in [6, 6.07) is 0. The quantitative estimate of drug-likeness (QED) is 0.836. The second kappa shape index (κ2) is 5.86. The van der Waals surface area contributed by atoms with Gasteiger partial charge in [0.1, 0.15) is 22.0 Å². The van der Waals surface area contributed by atoms with Crippen LogP contribution in [0.25, 0.3) is 0 Å². The Labute approximate surface area is 123 Å². The molecule has 1 aromatic heterocycles. The molecule has 1 aromatic rings. The molecule has 0 aliphatic heterocycles. The van der Waals surface area contributed by atoms with E-state index in [0.717, 1.165) is 4.31 Å². The van der Waals surface area contributed by atoms with Crippen LogP contribution in [0.2, 0.25) is 0 Å². The third-order valence-electron chi connectivity index (χ3n) is 2.94. The van der Waals surface area contributed by atoms with Crippen molar-refractivity contribution in [2.24, 2.45) is 0 Å². The Balaban J connectivity index is 3.32. The molecule has 0 saturated heterocycles. The highest BCUT2D eigenvalue weighted by Gasteiger charge is 2.34. The van der Waals surface area contributed by atoms with Gasteiger partial charge in [0.15, 0.2) is 0 Å². The minimum Gasteiger partial charge on any atom is -0.478 e. The van der Waals surface area contributed by atoms with Gasteiger partial charge >= 0.3 is 5.97 Å². The fourth-order valence-electron chi connectivity index (χ4n) is 1.79. The average Bonchev–Trinajstić information content (AvgIpc) is 2.64. The second-order valence-electron chi connectivity index (χ2n) is 4.77. The maximum Gasteiger partial charge on any atom is 0.340 e. The molecule has 1 N–H and O–H groups in total. The molecule has 118 valence electrons. The lowest BCUT2D eigenvalue weighted by Gasteiger charge is -2.19. The van der Waals surface area contributed by atoms with Crippen LogP contribution < -0.4 is 0 Å². The van der Waals surface area contributed by atoms with Crippen LogP contribution in [0.3, 0.4) is 0 Å². The summed E-state index contributed by atoms with van der Waals surface area (Å²) in [7, 11) is 0.0681. The van der Waals surface area contributed by atoms with Crippen LogP contribution in [-0.2, 0) is 14.8 Å². The molecule has 9 heteroatoms. The van der Waals surface area contributed by atoms with E-state index in [1.54, 1.807) is 0 Å². The third-order valence-corrected chi connectivity index (χ3v) is 4.90. The van der Waals surface area contributed by atoms with E-state index in [0.29, 0.717) is 0 Å². The summed E-state index contributed by atoms with van der Waals surface area (Å²) in [5, 5.41) is 9.16. The van der Waals surface area contributed by atoms with E-state index >= 15 is 0 Å². The van der Waals surface area contributed by atoms with Gasteiger partial charge < -0.3 is 14.4 Å². The molecule has 1 heterocycles. The Hall–Kier alpha value is -1.87. The van der Waals surface area contributed by atoms with Crippen LogP contribution in [0.15, 0.2) is 9.31 Å². The van der Waals surface area contributed by atoms with E-state index in [2.05, 4.69) is 0 Å². The highest BCUT2D eigenvalue weighted by molar-refractivity contribution is 7.89. The number of carboxylic acids is 1. The highest BCUT2D eigenvalue weighted by atomic mass is 32.2. The van der Waals surface area contributed by atoms with Gasteiger partial charge in [-0.1, -0.05) is 0 Å². The molecule has 0 aliphatic carbocycles. The van der Waals surface area contributed by atoms with E-state index in [4.69, 9.17) is 9.52 Å². The predicted octanol–water partition coefficient (Wildman–Crippen LogP) is 0.303. The Morgan fingerprint density at radius 2 is 1.67 bits per heavy atom. The Morgan fingerprint density at radius 1 is 1.14 bits per heavy atom. The lowest BCUT2D eigenvalue weighted by molar-refractivity contribution is -0.128. The fraction of sp³-hybridized carbons (Fsp3) is 0.500. The van der Waals surface area contributed by atoms with Crippen LogP contribution in [0.1, 0.15) is 21.9 Å². The summed E-state index contributed by atoms with van der Waals surface area (Å²) in [6.45, 7) is 2.35. The number of sulfonamides is 1. The SMILES string of the molecule is Cc1oc(C)c(S(=O)(=O)N(C)CC(=O)N(C)C)c1C(=O)O. The number of aromatic carboxylic acids is 1. The number of carbonyl (C=O) groups is 2. The zero-order valence-corrected chi connectivity index (χ0v) is 13.3. The largest absolute Gasteiger partial charge is 0.478 e. The Bertz CT molecular complexity index is 674. The smallest absolute Gasteiger partial charge is 0.340 e. The van der Waals surface area contributed by atoms with Crippen LogP contribution in [0, 0.1) is 13.8 Å². The van der Waals surface area contributed by atoms with Gasteiger partial charge in [-0.05, 0) is 13.8 Å². The van der Waals surface area contributed by atoms with Gasteiger partial charge in [-0.25, -0.2) is 13.2 Å². The summed E-state index contributed by atoms with van der Waals surface area (Å²) < 4.78 is 30.9. The standard InChI is InChI=1S/C12H18N2O6S/c1-7-10(12(16)17)11(8(2)20-7)21(18,19)14(5)6-9(15)13(3)4/h6H2,1-5H3,(H,16,17). The number of carboxylic acid groups (broad SMARTS) is 1. The minimum atomic E-state index is -4.14. The number of hydrogen-bond acceptors (Lipinski definition) is 5. The van der Waals surface area contributed by atoms with E-state index in [9.17, 15) is 18.0 Å². The van der Waals surface area contributed by atoms with Gasteiger partial charge in [-0.3, -0.25) is 4.79 Å². The number of aryl methyl sites for hydroxylation is 2. The van der Waals surface area contributed by atoms with Crippen LogP contribution >= 0.6 is 0 Å². The third kappa shape index (κ3) is 3.24. The second-order valence-corrected chi connectivity index (χ2v) is 6.75. The van der Waals surface area contributed by atoms with Gasteiger partial charge in [0.2, 0.25) is 15.9 Å². The van der Waals surface area contributed by atoms with Crippen LogP contribution in [0.4, 0.5) is 0 Å². The number of hydrogen-bond donors (Lipinski definition) is 1. The Kier molecular flexibility index (Phi) is 4.79. The zero-order valence-electron chi connectivity index (χ0n) is 12.5. The first kappa shape index (κ1) is 17.2. The summed E-state index contributed by atoms with van der Waals surface area (Å²) in [5.41, 5.74) is -0.406. The molecule has 0 saturated carbocycles. The van der Waals surface area contributed by atoms with Crippen molar-refractivity contribution in [3.8, 4) is 0 Å². The first-order valence-corrected chi connectivity index (χ1v) is 7.44. The molecule has 1 amide bonds. The molecule has 0 aliphatic rings. The number of likely N-dealkylation sites (N-methyl/N-ethyl adjacent to an activating group) is 2. The number of furan rings is 1. The summed E-state index contributed by atoms with van der Waals surface area (Å²) in [4.78, 5) is 23.7. The van der Waals surface area contributed by atoms with E-state index in [1.165, 1.54) is 39.9 Å². The fourth-order valence-corrected chi connectivity index (χ4v) is 3.28. The van der Waals surface area contributed by atoms with Crippen molar-refractivity contribution in [3.05, 3.63) is 17.1 Å². The highest BCUT2D eigenvalue weighted by Crippen LogP contribution is 2.28. The van der Waals surface area contributed by atoms with Crippen LogP contribution in [0.5, 0.6) is 0 Å². The van der Waals surface area contributed by atoms with E-state index in [-0.39, 0.29) is 11.5 Å². The predicted molar refractivity (Wildman–Crippen MR) is 73.7 cm³/mol. The van der Waals surface area contributed by atoms with Gasteiger partial charge in [0, 0.05) is 21.1 Å². The molecule has 0 atom stereocenters. The molecule has 21 heavy (non-hydrogen) atoms. The first-order valence-electron chi connectivity index (χ1n) is 6.00. The molecule has 8 nitrogen and oxygen atoms in total. The molecule has 0 unspecified atom stereocenters. The summed E-state index contributed by atoms with van der Waals surface area (Å²) in [5.74, 6) is -1.83. The molecule has 1 rings (SSSR count).